The third-order valence-corrected chi connectivity index (χ3v) is 6.39. The molecule has 0 saturated heterocycles. The van der Waals surface area contributed by atoms with Gasteiger partial charge in [-0.3, -0.25) is 9.59 Å². The van der Waals surface area contributed by atoms with Crippen molar-refractivity contribution >= 4 is 11.8 Å². The van der Waals surface area contributed by atoms with Gasteiger partial charge in [0, 0.05) is 17.6 Å². The van der Waals surface area contributed by atoms with Crippen molar-refractivity contribution in [3.05, 3.63) is 71.8 Å². The molecule has 2 saturated carbocycles. The third kappa shape index (κ3) is 4.51. The van der Waals surface area contributed by atoms with E-state index in [0.717, 1.165) is 31.2 Å². The molecule has 2 aliphatic rings. The highest BCUT2D eigenvalue weighted by atomic mass is 16.2. The highest BCUT2D eigenvalue weighted by Gasteiger charge is 2.40. The zero-order chi connectivity index (χ0) is 20.2. The molecule has 4 rings (SSSR count). The van der Waals surface area contributed by atoms with Crippen LogP contribution in [0.5, 0.6) is 0 Å². The van der Waals surface area contributed by atoms with E-state index in [4.69, 9.17) is 5.73 Å². The van der Waals surface area contributed by atoms with E-state index in [-0.39, 0.29) is 23.9 Å². The van der Waals surface area contributed by atoms with E-state index in [1.54, 1.807) is 12.1 Å². The van der Waals surface area contributed by atoms with Gasteiger partial charge in [-0.2, -0.15) is 0 Å². The van der Waals surface area contributed by atoms with Crippen molar-refractivity contribution in [2.75, 3.05) is 0 Å². The topological polar surface area (TPSA) is 84.2 Å². The molecule has 0 aliphatic heterocycles. The molecule has 2 aromatic rings. The van der Waals surface area contributed by atoms with Gasteiger partial charge in [0.05, 0.1) is 0 Å². The van der Waals surface area contributed by atoms with E-state index in [1.807, 2.05) is 48.5 Å². The maximum absolute atomic E-state index is 13.3. The molecule has 3 unspecified atom stereocenters. The van der Waals surface area contributed by atoms with Crippen molar-refractivity contribution in [3.8, 4) is 0 Å². The van der Waals surface area contributed by atoms with Crippen LogP contribution in [0.2, 0.25) is 0 Å². The van der Waals surface area contributed by atoms with Gasteiger partial charge in [0.15, 0.2) is 0 Å². The fourth-order valence-corrected chi connectivity index (χ4v) is 5.02. The van der Waals surface area contributed by atoms with Crippen molar-refractivity contribution in [2.45, 2.75) is 50.2 Å². The Labute approximate surface area is 172 Å². The first-order chi connectivity index (χ1) is 14.1. The van der Waals surface area contributed by atoms with Crippen molar-refractivity contribution in [2.24, 2.45) is 17.6 Å². The lowest BCUT2D eigenvalue weighted by Gasteiger charge is -2.45. The summed E-state index contributed by atoms with van der Waals surface area (Å²) >= 11 is 0. The second-order valence-corrected chi connectivity index (χ2v) is 8.40. The molecule has 29 heavy (non-hydrogen) atoms. The Kier molecular flexibility index (Phi) is 5.95. The van der Waals surface area contributed by atoms with Crippen LogP contribution in [-0.4, -0.2) is 23.9 Å². The molecular formula is C24H29N3O2. The van der Waals surface area contributed by atoms with E-state index in [0.29, 0.717) is 17.4 Å². The zero-order valence-corrected chi connectivity index (χ0v) is 16.6. The Balaban J connectivity index is 1.53. The first-order valence-electron chi connectivity index (χ1n) is 10.6. The molecule has 2 aliphatic carbocycles. The standard InChI is InChI=1S/C24H29N3O2/c25-20-14-18-12-7-13-19(15-20)21(18)26-24(29)22(16-8-3-1-4-9-16)27-23(28)17-10-5-2-6-11-17/h1-6,8-11,18-22H,7,12-15,25H2,(H,26,29)(H,27,28). The van der Waals surface area contributed by atoms with E-state index >= 15 is 0 Å². The number of hydrogen-bond acceptors (Lipinski definition) is 3. The quantitative estimate of drug-likeness (QED) is 0.732. The van der Waals surface area contributed by atoms with E-state index in [1.165, 1.54) is 6.42 Å². The van der Waals surface area contributed by atoms with E-state index < -0.39 is 6.04 Å². The van der Waals surface area contributed by atoms with Gasteiger partial charge in [0.25, 0.3) is 5.91 Å². The van der Waals surface area contributed by atoms with Crippen LogP contribution in [0.4, 0.5) is 0 Å². The number of carbonyl (C=O) groups excluding carboxylic acids is 2. The number of amides is 2. The second-order valence-electron chi connectivity index (χ2n) is 8.40. The number of carbonyl (C=O) groups is 2. The van der Waals surface area contributed by atoms with Gasteiger partial charge in [0.1, 0.15) is 6.04 Å². The Morgan fingerprint density at radius 1 is 0.897 bits per heavy atom. The summed E-state index contributed by atoms with van der Waals surface area (Å²) in [7, 11) is 0. The molecule has 5 heteroatoms. The largest absolute Gasteiger partial charge is 0.351 e. The molecule has 2 amide bonds. The van der Waals surface area contributed by atoms with Crippen LogP contribution in [0.1, 0.15) is 54.1 Å². The maximum Gasteiger partial charge on any atom is 0.252 e. The Hall–Kier alpha value is -2.66. The lowest BCUT2D eigenvalue weighted by atomic mass is 9.67. The summed E-state index contributed by atoms with van der Waals surface area (Å²) in [5.41, 5.74) is 7.56. The number of fused-ring (bicyclic) bond motifs is 2. The van der Waals surface area contributed by atoms with Gasteiger partial charge in [-0.1, -0.05) is 55.0 Å². The van der Waals surface area contributed by atoms with Gasteiger partial charge in [0.2, 0.25) is 5.91 Å². The number of nitrogens with two attached hydrogens (primary N) is 1. The van der Waals surface area contributed by atoms with Crippen LogP contribution in [0, 0.1) is 11.8 Å². The second kappa shape index (κ2) is 8.78. The molecule has 0 spiro atoms. The van der Waals surface area contributed by atoms with Gasteiger partial charge < -0.3 is 16.4 Å². The summed E-state index contributed by atoms with van der Waals surface area (Å²) in [6.07, 6.45) is 5.37. The molecule has 4 N–H and O–H groups in total. The molecule has 3 atom stereocenters. The predicted molar refractivity (Wildman–Crippen MR) is 113 cm³/mol. The van der Waals surface area contributed by atoms with Crippen LogP contribution in [-0.2, 0) is 4.79 Å². The Morgan fingerprint density at radius 3 is 2.10 bits per heavy atom. The van der Waals surface area contributed by atoms with Crippen molar-refractivity contribution in [1.82, 2.24) is 10.6 Å². The highest BCUT2D eigenvalue weighted by Crippen LogP contribution is 2.39. The third-order valence-electron chi connectivity index (χ3n) is 6.39. The average Bonchev–Trinajstić information content (AvgIpc) is 2.73. The number of nitrogens with one attached hydrogen (secondary N) is 2. The Morgan fingerprint density at radius 2 is 1.48 bits per heavy atom. The number of hydrogen-bond donors (Lipinski definition) is 3. The summed E-state index contributed by atoms with van der Waals surface area (Å²) < 4.78 is 0. The van der Waals surface area contributed by atoms with Crippen LogP contribution in [0.15, 0.2) is 60.7 Å². The fraction of sp³-hybridized carbons (Fsp3) is 0.417. The highest BCUT2D eigenvalue weighted by molar-refractivity contribution is 5.97. The first kappa shape index (κ1) is 19.6. The molecule has 0 heterocycles. The normalized spacial score (nSPS) is 26.9. The average molecular weight is 392 g/mol. The first-order valence-corrected chi connectivity index (χ1v) is 10.6. The molecule has 2 bridgehead atoms. The van der Waals surface area contributed by atoms with Gasteiger partial charge >= 0.3 is 0 Å². The SMILES string of the molecule is NC1CC2CCCC(C1)C2NC(=O)C(NC(=O)c1ccccc1)c1ccccc1. The van der Waals surface area contributed by atoms with E-state index in [2.05, 4.69) is 10.6 Å². The fourth-order valence-electron chi connectivity index (χ4n) is 5.02. The minimum absolute atomic E-state index is 0.141. The number of benzene rings is 2. The monoisotopic (exact) mass is 391 g/mol. The minimum atomic E-state index is -0.722. The lowest BCUT2D eigenvalue weighted by Crippen LogP contribution is -2.55. The lowest BCUT2D eigenvalue weighted by molar-refractivity contribution is -0.125. The summed E-state index contributed by atoms with van der Waals surface area (Å²) in [6.45, 7) is 0. The minimum Gasteiger partial charge on any atom is -0.351 e. The molecule has 5 nitrogen and oxygen atoms in total. The van der Waals surface area contributed by atoms with Gasteiger partial charge in [-0.05, 0) is 55.2 Å². The zero-order valence-electron chi connectivity index (χ0n) is 16.6. The van der Waals surface area contributed by atoms with Gasteiger partial charge in [-0.25, -0.2) is 0 Å². The molecule has 2 fully saturated rings. The smallest absolute Gasteiger partial charge is 0.252 e. The predicted octanol–water partition coefficient (Wildman–Crippen LogP) is 3.18. The summed E-state index contributed by atoms with van der Waals surface area (Å²) in [5, 5.41) is 6.23. The summed E-state index contributed by atoms with van der Waals surface area (Å²) in [5.74, 6) is 0.476. The molecule has 0 aromatic heterocycles. The van der Waals surface area contributed by atoms with Crippen LogP contribution in [0.3, 0.4) is 0 Å². The molecule has 2 aromatic carbocycles. The molecular weight excluding hydrogens is 362 g/mol. The molecule has 0 radical (unpaired) electrons. The van der Waals surface area contributed by atoms with Crippen LogP contribution >= 0.6 is 0 Å². The van der Waals surface area contributed by atoms with Gasteiger partial charge in [-0.15, -0.1) is 0 Å². The Bertz CT molecular complexity index is 826. The van der Waals surface area contributed by atoms with Crippen molar-refractivity contribution in [1.29, 1.82) is 0 Å². The molecule has 152 valence electrons. The van der Waals surface area contributed by atoms with Crippen LogP contribution in [0.25, 0.3) is 0 Å². The maximum atomic E-state index is 13.3. The van der Waals surface area contributed by atoms with E-state index in [9.17, 15) is 9.59 Å². The number of rotatable bonds is 5. The van der Waals surface area contributed by atoms with Crippen molar-refractivity contribution in [3.63, 3.8) is 0 Å². The summed E-state index contributed by atoms with van der Waals surface area (Å²) in [4.78, 5) is 26.1. The van der Waals surface area contributed by atoms with Crippen LogP contribution < -0.4 is 16.4 Å². The van der Waals surface area contributed by atoms with Crippen molar-refractivity contribution < 1.29 is 9.59 Å². The summed E-state index contributed by atoms with van der Waals surface area (Å²) in [6, 6.07) is 18.1.